The number of hydrogen-bond donors (Lipinski definition) is 1. The van der Waals surface area contributed by atoms with E-state index in [1.165, 1.54) is 6.20 Å². The highest BCUT2D eigenvalue weighted by Gasteiger charge is 2.09. The number of rotatable bonds is 4. The van der Waals surface area contributed by atoms with Crippen molar-refractivity contribution in [2.75, 3.05) is 0 Å². The lowest BCUT2D eigenvalue weighted by atomic mass is 10.2. The Morgan fingerprint density at radius 1 is 1.47 bits per heavy atom. The Bertz CT molecular complexity index is 534. The first-order valence-corrected chi connectivity index (χ1v) is 5.42. The van der Waals surface area contributed by atoms with Crippen molar-refractivity contribution in [1.29, 1.82) is 0 Å². The number of hydrogen-bond acceptors (Lipinski definition) is 3. The van der Waals surface area contributed by atoms with Crippen LogP contribution >= 0.6 is 0 Å². The Hall–Kier alpha value is -2.17. The van der Waals surface area contributed by atoms with Gasteiger partial charge in [-0.25, -0.2) is 9.78 Å². The van der Waals surface area contributed by atoms with Gasteiger partial charge in [0, 0.05) is 36.9 Å². The number of pyridine rings is 1. The smallest absolute Gasteiger partial charge is 0.337 e. The fraction of sp³-hybridized carbons (Fsp3) is 0.250. The van der Waals surface area contributed by atoms with Crippen LogP contribution in [-0.2, 0) is 6.54 Å². The fourth-order valence-electron chi connectivity index (χ4n) is 1.67. The molecule has 2 aromatic heterocycles. The number of nitrogens with zero attached hydrogens (tertiary/aromatic N) is 3. The molecule has 0 aliphatic rings. The highest BCUT2D eigenvalue weighted by Crippen LogP contribution is 2.17. The number of aryl methyl sites for hydroxylation is 1. The number of aromatic carboxylic acids is 1. The molecule has 2 heterocycles. The van der Waals surface area contributed by atoms with Gasteiger partial charge in [-0.15, -0.1) is 0 Å². The summed E-state index contributed by atoms with van der Waals surface area (Å²) in [4.78, 5) is 19.0. The van der Waals surface area contributed by atoms with Gasteiger partial charge in [-0.1, -0.05) is 6.92 Å². The highest BCUT2D eigenvalue weighted by molar-refractivity contribution is 5.88. The first-order valence-electron chi connectivity index (χ1n) is 5.42. The highest BCUT2D eigenvalue weighted by atomic mass is 16.4. The van der Waals surface area contributed by atoms with Crippen LogP contribution in [0.4, 0.5) is 0 Å². The van der Waals surface area contributed by atoms with E-state index in [0.717, 1.165) is 24.4 Å². The lowest BCUT2D eigenvalue weighted by Crippen LogP contribution is -2.01. The topological polar surface area (TPSA) is 68.0 Å². The van der Waals surface area contributed by atoms with Gasteiger partial charge in [-0.2, -0.15) is 0 Å². The predicted molar refractivity (Wildman–Crippen MR) is 62.7 cm³/mol. The van der Waals surface area contributed by atoms with Crippen molar-refractivity contribution in [3.05, 3.63) is 36.4 Å². The van der Waals surface area contributed by atoms with Gasteiger partial charge in [-0.3, -0.25) is 4.98 Å². The van der Waals surface area contributed by atoms with Gasteiger partial charge < -0.3 is 9.67 Å². The number of carbonyl (C=O) groups is 1. The van der Waals surface area contributed by atoms with Crippen molar-refractivity contribution < 1.29 is 9.90 Å². The molecule has 0 spiro atoms. The summed E-state index contributed by atoms with van der Waals surface area (Å²) in [5, 5.41) is 8.91. The van der Waals surface area contributed by atoms with Gasteiger partial charge in [0.25, 0.3) is 0 Å². The normalized spacial score (nSPS) is 10.4. The molecule has 2 aromatic rings. The van der Waals surface area contributed by atoms with Gasteiger partial charge in [0.05, 0.1) is 5.56 Å². The van der Waals surface area contributed by atoms with Gasteiger partial charge in [0.2, 0.25) is 0 Å². The summed E-state index contributed by atoms with van der Waals surface area (Å²) in [6.45, 7) is 2.93. The standard InChI is InChI=1S/C12H13N3O2/c1-2-4-15-5-3-14-11(15)9-6-10(12(16)17)8-13-7-9/h3,5-8H,2,4H2,1H3,(H,16,17). The minimum Gasteiger partial charge on any atom is -0.478 e. The van der Waals surface area contributed by atoms with Crippen molar-refractivity contribution in [2.45, 2.75) is 19.9 Å². The van der Waals surface area contributed by atoms with Crippen molar-refractivity contribution >= 4 is 5.97 Å². The maximum absolute atomic E-state index is 10.9. The average Bonchev–Trinajstić information content (AvgIpc) is 2.78. The van der Waals surface area contributed by atoms with Crippen LogP contribution < -0.4 is 0 Å². The van der Waals surface area contributed by atoms with E-state index in [1.807, 2.05) is 10.8 Å². The minimum absolute atomic E-state index is 0.175. The third-order valence-electron chi connectivity index (χ3n) is 2.42. The number of imidazole rings is 1. The zero-order valence-electron chi connectivity index (χ0n) is 9.50. The van der Waals surface area contributed by atoms with E-state index in [9.17, 15) is 4.79 Å². The zero-order valence-corrected chi connectivity index (χ0v) is 9.50. The molecule has 17 heavy (non-hydrogen) atoms. The molecular formula is C12H13N3O2. The summed E-state index contributed by atoms with van der Waals surface area (Å²) >= 11 is 0. The van der Waals surface area contributed by atoms with Crippen LogP contribution in [0.5, 0.6) is 0 Å². The molecule has 0 bridgehead atoms. The van der Waals surface area contributed by atoms with E-state index in [-0.39, 0.29) is 5.56 Å². The molecule has 0 fully saturated rings. The monoisotopic (exact) mass is 231 g/mol. The predicted octanol–water partition coefficient (Wildman–Crippen LogP) is 2.05. The second-order valence-electron chi connectivity index (χ2n) is 3.71. The van der Waals surface area contributed by atoms with Crippen LogP contribution in [0.3, 0.4) is 0 Å². The lowest BCUT2D eigenvalue weighted by molar-refractivity contribution is 0.0696. The molecule has 5 nitrogen and oxygen atoms in total. The molecular weight excluding hydrogens is 218 g/mol. The third-order valence-corrected chi connectivity index (χ3v) is 2.42. The number of carboxylic acids is 1. The van der Waals surface area contributed by atoms with E-state index in [0.29, 0.717) is 0 Å². The third kappa shape index (κ3) is 2.33. The summed E-state index contributed by atoms with van der Waals surface area (Å²) in [6.07, 6.45) is 7.54. The fourth-order valence-corrected chi connectivity index (χ4v) is 1.67. The van der Waals surface area contributed by atoms with Crippen molar-refractivity contribution in [3.8, 4) is 11.4 Å². The first-order chi connectivity index (χ1) is 8.22. The van der Waals surface area contributed by atoms with Crippen LogP contribution in [-0.4, -0.2) is 25.6 Å². The van der Waals surface area contributed by atoms with Gasteiger partial charge in [0.1, 0.15) is 5.82 Å². The molecule has 88 valence electrons. The van der Waals surface area contributed by atoms with E-state index in [4.69, 9.17) is 5.11 Å². The van der Waals surface area contributed by atoms with Crippen LogP contribution in [0, 0.1) is 0 Å². The van der Waals surface area contributed by atoms with Crippen LogP contribution in [0.15, 0.2) is 30.9 Å². The molecule has 0 saturated carbocycles. The molecule has 0 aromatic carbocycles. The summed E-state index contributed by atoms with van der Waals surface area (Å²) in [7, 11) is 0. The Labute approximate surface area is 98.8 Å². The molecule has 0 atom stereocenters. The molecule has 0 amide bonds. The molecule has 0 saturated heterocycles. The number of aromatic nitrogens is 3. The zero-order chi connectivity index (χ0) is 12.3. The van der Waals surface area contributed by atoms with Gasteiger partial charge in [-0.05, 0) is 12.5 Å². The quantitative estimate of drug-likeness (QED) is 0.874. The van der Waals surface area contributed by atoms with Gasteiger partial charge in [0.15, 0.2) is 0 Å². The van der Waals surface area contributed by atoms with Crippen molar-refractivity contribution in [1.82, 2.24) is 14.5 Å². The Morgan fingerprint density at radius 3 is 3.00 bits per heavy atom. The van der Waals surface area contributed by atoms with E-state index < -0.39 is 5.97 Å². The molecule has 1 N–H and O–H groups in total. The lowest BCUT2D eigenvalue weighted by Gasteiger charge is -2.06. The molecule has 2 rings (SSSR count). The minimum atomic E-state index is -0.979. The second kappa shape index (κ2) is 4.78. The summed E-state index contributed by atoms with van der Waals surface area (Å²) in [5.74, 6) is -0.226. The van der Waals surface area contributed by atoms with Crippen molar-refractivity contribution in [3.63, 3.8) is 0 Å². The molecule has 0 radical (unpaired) electrons. The van der Waals surface area contributed by atoms with Crippen LogP contribution in [0.2, 0.25) is 0 Å². The molecule has 0 aliphatic carbocycles. The molecule has 0 aliphatic heterocycles. The van der Waals surface area contributed by atoms with Crippen LogP contribution in [0.25, 0.3) is 11.4 Å². The summed E-state index contributed by atoms with van der Waals surface area (Å²) < 4.78 is 1.99. The maximum atomic E-state index is 10.9. The SMILES string of the molecule is CCCn1ccnc1-c1cncc(C(=O)O)c1. The Kier molecular flexibility index (Phi) is 3.18. The second-order valence-corrected chi connectivity index (χ2v) is 3.71. The summed E-state index contributed by atoms with van der Waals surface area (Å²) in [6, 6.07) is 1.59. The maximum Gasteiger partial charge on any atom is 0.337 e. The van der Waals surface area contributed by atoms with Crippen molar-refractivity contribution in [2.24, 2.45) is 0 Å². The largest absolute Gasteiger partial charge is 0.478 e. The van der Waals surface area contributed by atoms with Gasteiger partial charge >= 0.3 is 5.97 Å². The Balaban J connectivity index is 2.42. The van der Waals surface area contributed by atoms with E-state index in [1.54, 1.807) is 18.5 Å². The average molecular weight is 231 g/mol. The number of carboxylic acid groups (broad SMARTS) is 1. The summed E-state index contributed by atoms with van der Waals surface area (Å²) in [5.41, 5.74) is 0.900. The van der Waals surface area contributed by atoms with E-state index in [2.05, 4.69) is 16.9 Å². The first kappa shape index (κ1) is 11.3. The Morgan fingerprint density at radius 2 is 2.29 bits per heavy atom. The van der Waals surface area contributed by atoms with E-state index >= 15 is 0 Å². The van der Waals surface area contributed by atoms with Crippen LogP contribution in [0.1, 0.15) is 23.7 Å². The molecule has 5 heteroatoms. The molecule has 0 unspecified atom stereocenters.